The summed E-state index contributed by atoms with van der Waals surface area (Å²) in [7, 11) is 0. The monoisotopic (exact) mass is 364 g/mol. The van der Waals surface area contributed by atoms with Crippen LogP contribution in [0.25, 0.3) is 0 Å². The Morgan fingerprint density at radius 2 is 1.41 bits per heavy atom. The molecular formula is C22H24N2O3. The first kappa shape index (κ1) is 18.8. The molecule has 140 valence electrons. The van der Waals surface area contributed by atoms with Crippen LogP contribution in [-0.2, 0) is 14.4 Å². The molecule has 3 rings (SSSR count). The van der Waals surface area contributed by atoms with E-state index in [1.807, 2.05) is 36.4 Å². The topological polar surface area (TPSA) is 66.5 Å². The number of nitrogens with zero attached hydrogens (tertiary/aromatic N) is 1. The maximum atomic E-state index is 12.1. The molecule has 2 aromatic carbocycles. The van der Waals surface area contributed by atoms with E-state index in [4.69, 9.17) is 0 Å². The summed E-state index contributed by atoms with van der Waals surface area (Å²) < 4.78 is 0. The van der Waals surface area contributed by atoms with Crippen LogP contribution in [0, 0.1) is 0 Å². The number of nitrogens with one attached hydrogen (secondary N) is 1. The quantitative estimate of drug-likeness (QED) is 0.733. The van der Waals surface area contributed by atoms with E-state index in [2.05, 4.69) is 29.6 Å². The van der Waals surface area contributed by atoms with E-state index in [1.165, 1.54) is 16.0 Å². The van der Waals surface area contributed by atoms with Crippen LogP contribution >= 0.6 is 0 Å². The molecule has 3 amide bonds. The van der Waals surface area contributed by atoms with Crippen LogP contribution in [0.5, 0.6) is 0 Å². The maximum absolute atomic E-state index is 12.1. The summed E-state index contributed by atoms with van der Waals surface area (Å²) in [6.07, 6.45) is 1.45. The zero-order valence-electron chi connectivity index (χ0n) is 15.3. The fourth-order valence-electron chi connectivity index (χ4n) is 3.43. The van der Waals surface area contributed by atoms with Crippen molar-refractivity contribution in [3.63, 3.8) is 0 Å². The normalized spacial score (nSPS) is 14.0. The molecule has 0 bridgehead atoms. The van der Waals surface area contributed by atoms with Crippen molar-refractivity contribution in [2.75, 3.05) is 13.1 Å². The van der Waals surface area contributed by atoms with Crippen molar-refractivity contribution in [3.05, 3.63) is 71.8 Å². The SMILES string of the molecule is O=C(CCN1C(=O)CCC1=O)NCCC(c1ccccc1)c1ccccc1. The van der Waals surface area contributed by atoms with E-state index >= 15 is 0 Å². The minimum Gasteiger partial charge on any atom is -0.356 e. The van der Waals surface area contributed by atoms with Crippen LogP contribution in [0.3, 0.4) is 0 Å². The van der Waals surface area contributed by atoms with Gasteiger partial charge in [0.2, 0.25) is 17.7 Å². The molecule has 2 aromatic rings. The van der Waals surface area contributed by atoms with Crippen LogP contribution in [0.4, 0.5) is 0 Å². The zero-order valence-corrected chi connectivity index (χ0v) is 15.3. The highest BCUT2D eigenvalue weighted by atomic mass is 16.2. The summed E-state index contributed by atoms with van der Waals surface area (Å²) >= 11 is 0. The van der Waals surface area contributed by atoms with Gasteiger partial charge in [-0.25, -0.2) is 0 Å². The molecule has 0 aliphatic carbocycles. The smallest absolute Gasteiger partial charge is 0.229 e. The molecule has 0 radical (unpaired) electrons. The first-order chi connectivity index (χ1) is 13.1. The van der Waals surface area contributed by atoms with E-state index in [1.54, 1.807) is 0 Å². The van der Waals surface area contributed by atoms with E-state index in [0.717, 1.165) is 6.42 Å². The third-order valence-corrected chi connectivity index (χ3v) is 4.88. The van der Waals surface area contributed by atoms with Crippen molar-refractivity contribution in [2.45, 2.75) is 31.6 Å². The van der Waals surface area contributed by atoms with Gasteiger partial charge < -0.3 is 5.32 Å². The van der Waals surface area contributed by atoms with Gasteiger partial charge in [-0.1, -0.05) is 60.7 Å². The molecular weight excluding hydrogens is 340 g/mol. The highest BCUT2D eigenvalue weighted by Crippen LogP contribution is 2.27. The lowest BCUT2D eigenvalue weighted by molar-refractivity contribution is -0.138. The summed E-state index contributed by atoms with van der Waals surface area (Å²) in [5.41, 5.74) is 2.43. The largest absolute Gasteiger partial charge is 0.356 e. The maximum Gasteiger partial charge on any atom is 0.229 e. The Morgan fingerprint density at radius 1 is 0.889 bits per heavy atom. The van der Waals surface area contributed by atoms with E-state index in [-0.39, 0.29) is 49.4 Å². The third-order valence-electron chi connectivity index (χ3n) is 4.88. The van der Waals surface area contributed by atoms with Crippen molar-refractivity contribution in [1.29, 1.82) is 0 Å². The number of hydrogen-bond acceptors (Lipinski definition) is 3. The first-order valence-electron chi connectivity index (χ1n) is 9.35. The molecule has 5 heteroatoms. The van der Waals surface area contributed by atoms with Crippen LogP contribution in [0.15, 0.2) is 60.7 Å². The molecule has 1 fully saturated rings. The molecule has 5 nitrogen and oxygen atoms in total. The number of rotatable bonds is 8. The second-order valence-corrected chi connectivity index (χ2v) is 6.70. The van der Waals surface area contributed by atoms with Gasteiger partial charge in [-0.15, -0.1) is 0 Å². The molecule has 1 aliphatic heterocycles. The average Bonchev–Trinajstić information content (AvgIpc) is 3.02. The standard InChI is InChI=1S/C22H24N2O3/c25-20(14-16-24-21(26)11-12-22(24)27)23-15-13-19(17-7-3-1-4-8-17)18-9-5-2-6-10-18/h1-10,19H,11-16H2,(H,23,25). The van der Waals surface area contributed by atoms with Crippen molar-refractivity contribution in [3.8, 4) is 0 Å². The molecule has 1 heterocycles. The van der Waals surface area contributed by atoms with E-state index in [9.17, 15) is 14.4 Å². The first-order valence-corrected chi connectivity index (χ1v) is 9.35. The fraction of sp³-hybridized carbons (Fsp3) is 0.318. The van der Waals surface area contributed by atoms with Crippen molar-refractivity contribution in [1.82, 2.24) is 10.2 Å². The number of carbonyl (C=O) groups is 3. The lowest BCUT2D eigenvalue weighted by atomic mass is 9.88. The number of imide groups is 1. The Hall–Kier alpha value is -2.95. The fourth-order valence-corrected chi connectivity index (χ4v) is 3.43. The number of likely N-dealkylation sites (tertiary alicyclic amines) is 1. The molecule has 0 spiro atoms. The predicted octanol–water partition coefficient (Wildman–Crippen LogP) is 2.86. The highest BCUT2D eigenvalue weighted by Gasteiger charge is 2.28. The molecule has 0 aromatic heterocycles. The second-order valence-electron chi connectivity index (χ2n) is 6.70. The van der Waals surface area contributed by atoms with Gasteiger partial charge in [0.25, 0.3) is 0 Å². The Morgan fingerprint density at radius 3 is 1.93 bits per heavy atom. The van der Waals surface area contributed by atoms with Gasteiger partial charge in [0, 0.05) is 38.3 Å². The van der Waals surface area contributed by atoms with Crippen LogP contribution < -0.4 is 5.32 Å². The van der Waals surface area contributed by atoms with Gasteiger partial charge in [-0.2, -0.15) is 0 Å². The molecule has 1 saturated heterocycles. The van der Waals surface area contributed by atoms with Gasteiger partial charge in [0.05, 0.1) is 0 Å². The summed E-state index contributed by atoms with van der Waals surface area (Å²) in [5.74, 6) is -0.293. The van der Waals surface area contributed by atoms with Crippen molar-refractivity contribution in [2.24, 2.45) is 0 Å². The summed E-state index contributed by atoms with van der Waals surface area (Å²) in [6.45, 7) is 0.708. The van der Waals surface area contributed by atoms with Crippen LogP contribution in [-0.4, -0.2) is 35.7 Å². The Labute approximate surface area is 159 Å². The highest BCUT2D eigenvalue weighted by molar-refractivity contribution is 6.02. The summed E-state index contributed by atoms with van der Waals surface area (Å²) in [4.78, 5) is 36.5. The number of amides is 3. The molecule has 27 heavy (non-hydrogen) atoms. The summed E-state index contributed by atoms with van der Waals surface area (Å²) in [6, 6.07) is 20.5. The minimum absolute atomic E-state index is 0.137. The second kappa shape index (κ2) is 9.12. The van der Waals surface area contributed by atoms with Gasteiger partial charge in [-0.3, -0.25) is 19.3 Å². The van der Waals surface area contributed by atoms with Gasteiger partial charge >= 0.3 is 0 Å². The molecule has 0 unspecified atom stereocenters. The Bertz CT molecular complexity index is 734. The summed E-state index contributed by atoms with van der Waals surface area (Å²) in [5, 5.41) is 2.92. The lowest BCUT2D eigenvalue weighted by Gasteiger charge is -2.19. The van der Waals surface area contributed by atoms with Crippen LogP contribution in [0.1, 0.15) is 42.7 Å². The number of hydrogen-bond donors (Lipinski definition) is 1. The predicted molar refractivity (Wildman–Crippen MR) is 103 cm³/mol. The van der Waals surface area contributed by atoms with Gasteiger partial charge in [0.1, 0.15) is 0 Å². The van der Waals surface area contributed by atoms with Crippen molar-refractivity contribution >= 4 is 17.7 Å². The molecule has 1 N–H and O–H groups in total. The van der Waals surface area contributed by atoms with Crippen LogP contribution in [0.2, 0.25) is 0 Å². The molecule has 0 saturated carbocycles. The van der Waals surface area contributed by atoms with Crippen molar-refractivity contribution < 1.29 is 14.4 Å². The van der Waals surface area contributed by atoms with E-state index in [0.29, 0.717) is 6.54 Å². The van der Waals surface area contributed by atoms with Gasteiger partial charge in [-0.05, 0) is 17.5 Å². The Balaban J connectivity index is 1.52. The van der Waals surface area contributed by atoms with E-state index < -0.39 is 0 Å². The third kappa shape index (κ3) is 5.03. The lowest BCUT2D eigenvalue weighted by Crippen LogP contribution is -2.34. The molecule has 1 aliphatic rings. The minimum atomic E-state index is -0.180. The zero-order chi connectivity index (χ0) is 19.1. The van der Waals surface area contributed by atoms with Gasteiger partial charge in [0.15, 0.2) is 0 Å². The number of benzene rings is 2. The molecule has 0 atom stereocenters. The Kier molecular flexibility index (Phi) is 6.36. The number of carbonyl (C=O) groups excluding carboxylic acids is 3. The average molecular weight is 364 g/mol.